The van der Waals surface area contributed by atoms with Gasteiger partial charge in [0.15, 0.2) is 0 Å². The molecule has 1 aromatic heterocycles. The Kier molecular flexibility index (Phi) is 3.91. The maximum Gasteiger partial charge on any atom is 0.118 e. The number of nitrogens with zero attached hydrogens (tertiary/aromatic N) is 2. The Labute approximate surface area is 100 Å². The standard InChI is InChI=1S/C13H15N3O/c1-17-13-4-2-11(3-5-13)8-14-7-6-12-9-15-10-16-12/h2-5,8-10H,6-7H2,1H3,(H,15,16). The minimum Gasteiger partial charge on any atom is -0.497 e. The second-order valence-electron chi connectivity index (χ2n) is 3.64. The van der Waals surface area contributed by atoms with E-state index in [-0.39, 0.29) is 0 Å². The number of rotatable bonds is 5. The second kappa shape index (κ2) is 5.84. The topological polar surface area (TPSA) is 50.3 Å². The number of aromatic amines is 1. The van der Waals surface area contributed by atoms with E-state index in [2.05, 4.69) is 15.0 Å². The van der Waals surface area contributed by atoms with Crippen molar-refractivity contribution in [3.8, 4) is 5.75 Å². The molecule has 2 rings (SSSR count). The van der Waals surface area contributed by atoms with Gasteiger partial charge in [0.25, 0.3) is 0 Å². The first-order chi connectivity index (χ1) is 8.38. The quantitative estimate of drug-likeness (QED) is 0.798. The van der Waals surface area contributed by atoms with E-state index in [0.717, 1.165) is 30.0 Å². The fourth-order valence-electron chi connectivity index (χ4n) is 1.47. The highest BCUT2D eigenvalue weighted by Gasteiger charge is 1.92. The van der Waals surface area contributed by atoms with E-state index < -0.39 is 0 Å². The van der Waals surface area contributed by atoms with Crippen molar-refractivity contribution in [2.75, 3.05) is 13.7 Å². The van der Waals surface area contributed by atoms with E-state index in [0.29, 0.717) is 0 Å². The number of aliphatic imine (C=N–C) groups is 1. The molecule has 0 saturated heterocycles. The van der Waals surface area contributed by atoms with E-state index in [9.17, 15) is 0 Å². The zero-order valence-electron chi connectivity index (χ0n) is 9.76. The molecule has 88 valence electrons. The zero-order valence-corrected chi connectivity index (χ0v) is 9.76. The van der Waals surface area contributed by atoms with Crippen LogP contribution in [0.3, 0.4) is 0 Å². The maximum absolute atomic E-state index is 5.09. The first kappa shape index (κ1) is 11.4. The summed E-state index contributed by atoms with van der Waals surface area (Å²) in [5.41, 5.74) is 2.19. The van der Waals surface area contributed by atoms with Gasteiger partial charge in [-0.1, -0.05) is 0 Å². The van der Waals surface area contributed by atoms with Crippen LogP contribution < -0.4 is 4.74 Å². The third kappa shape index (κ3) is 3.45. The molecule has 0 aliphatic carbocycles. The summed E-state index contributed by atoms with van der Waals surface area (Å²) in [7, 11) is 1.66. The molecule has 0 atom stereocenters. The Hall–Kier alpha value is -2.10. The van der Waals surface area contributed by atoms with Crippen LogP contribution in [0.4, 0.5) is 0 Å². The Morgan fingerprint density at radius 2 is 2.18 bits per heavy atom. The highest BCUT2D eigenvalue weighted by atomic mass is 16.5. The summed E-state index contributed by atoms with van der Waals surface area (Å²) in [5.74, 6) is 0.861. The van der Waals surface area contributed by atoms with Gasteiger partial charge in [0.2, 0.25) is 0 Å². The molecule has 1 heterocycles. The van der Waals surface area contributed by atoms with Crippen molar-refractivity contribution in [3.05, 3.63) is 48.0 Å². The molecule has 0 aliphatic heterocycles. The summed E-state index contributed by atoms with van der Waals surface area (Å²) in [6.45, 7) is 0.758. The normalized spacial score (nSPS) is 10.9. The van der Waals surface area contributed by atoms with Crippen LogP contribution in [-0.2, 0) is 6.42 Å². The summed E-state index contributed by atoms with van der Waals surface area (Å²) in [6, 6.07) is 7.82. The van der Waals surface area contributed by atoms with Crippen molar-refractivity contribution < 1.29 is 4.74 Å². The van der Waals surface area contributed by atoms with Crippen molar-refractivity contribution in [2.24, 2.45) is 4.99 Å². The fraction of sp³-hybridized carbons (Fsp3) is 0.231. The molecule has 4 nitrogen and oxygen atoms in total. The molecule has 2 aromatic rings. The van der Waals surface area contributed by atoms with Gasteiger partial charge in [0, 0.05) is 31.1 Å². The van der Waals surface area contributed by atoms with Gasteiger partial charge in [-0.2, -0.15) is 0 Å². The highest BCUT2D eigenvalue weighted by Crippen LogP contribution is 2.09. The minimum atomic E-state index is 0.758. The molecule has 0 aliphatic rings. The molecule has 17 heavy (non-hydrogen) atoms. The Morgan fingerprint density at radius 3 is 2.82 bits per heavy atom. The van der Waals surface area contributed by atoms with E-state index >= 15 is 0 Å². The van der Waals surface area contributed by atoms with Gasteiger partial charge < -0.3 is 9.72 Å². The van der Waals surface area contributed by atoms with Crippen LogP contribution in [0.5, 0.6) is 5.75 Å². The average molecular weight is 229 g/mol. The molecule has 0 saturated carbocycles. The van der Waals surface area contributed by atoms with Crippen LogP contribution in [0, 0.1) is 0 Å². The first-order valence-electron chi connectivity index (χ1n) is 5.49. The number of imidazole rings is 1. The number of methoxy groups -OCH3 is 1. The number of aromatic nitrogens is 2. The van der Waals surface area contributed by atoms with Gasteiger partial charge in [0.1, 0.15) is 5.75 Å². The monoisotopic (exact) mass is 229 g/mol. The summed E-state index contributed by atoms with van der Waals surface area (Å²) >= 11 is 0. The third-order valence-electron chi connectivity index (χ3n) is 2.42. The lowest BCUT2D eigenvalue weighted by molar-refractivity contribution is 0.415. The number of nitrogens with one attached hydrogen (secondary N) is 1. The predicted molar refractivity (Wildman–Crippen MR) is 67.7 cm³/mol. The van der Waals surface area contributed by atoms with Crippen LogP contribution in [0.1, 0.15) is 11.3 Å². The highest BCUT2D eigenvalue weighted by molar-refractivity contribution is 5.79. The Morgan fingerprint density at radius 1 is 1.35 bits per heavy atom. The zero-order chi connectivity index (χ0) is 11.9. The molecule has 0 radical (unpaired) electrons. The van der Waals surface area contributed by atoms with E-state index in [4.69, 9.17) is 4.74 Å². The summed E-state index contributed by atoms with van der Waals surface area (Å²) in [6.07, 6.45) is 6.26. The fourth-order valence-corrected chi connectivity index (χ4v) is 1.47. The number of hydrogen-bond donors (Lipinski definition) is 1. The van der Waals surface area contributed by atoms with Crippen molar-refractivity contribution in [2.45, 2.75) is 6.42 Å². The molecule has 0 spiro atoms. The van der Waals surface area contributed by atoms with Gasteiger partial charge in [-0.05, 0) is 29.8 Å². The molecule has 1 N–H and O–H groups in total. The molecule has 4 heteroatoms. The van der Waals surface area contributed by atoms with Gasteiger partial charge >= 0.3 is 0 Å². The van der Waals surface area contributed by atoms with Crippen LogP contribution in [0.2, 0.25) is 0 Å². The molecule has 0 unspecified atom stereocenters. The lowest BCUT2D eigenvalue weighted by Gasteiger charge is -1.98. The first-order valence-corrected chi connectivity index (χ1v) is 5.49. The number of H-pyrrole nitrogens is 1. The summed E-state index contributed by atoms with van der Waals surface area (Å²) < 4.78 is 5.09. The van der Waals surface area contributed by atoms with Crippen molar-refractivity contribution in [1.82, 2.24) is 9.97 Å². The van der Waals surface area contributed by atoms with Crippen LogP contribution in [0.15, 0.2) is 41.8 Å². The van der Waals surface area contributed by atoms with E-state index in [1.807, 2.05) is 36.7 Å². The minimum absolute atomic E-state index is 0.758. The van der Waals surface area contributed by atoms with Gasteiger partial charge in [-0.3, -0.25) is 4.99 Å². The van der Waals surface area contributed by atoms with Crippen LogP contribution >= 0.6 is 0 Å². The Balaban J connectivity index is 1.83. The lowest BCUT2D eigenvalue weighted by atomic mass is 10.2. The van der Waals surface area contributed by atoms with Crippen LogP contribution in [-0.4, -0.2) is 29.8 Å². The predicted octanol–water partition coefficient (Wildman–Crippen LogP) is 2.08. The molecule has 0 amide bonds. The SMILES string of the molecule is COc1ccc(C=NCCc2cnc[nH]2)cc1. The number of benzene rings is 1. The third-order valence-corrected chi connectivity index (χ3v) is 2.42. The Bertz CT molecular complexity index is 460. The lowest BCUT2D eigenvalue weighted by Crippen LogP contribution is -1.91. The van der Waals surface area contributed by atoms with Crippen molar-refractivity contribution in [3.63, 3.8) is 0 Å². The molecule has 1 aromatic carbocycles. The van der Waals surface area contributed by atoms with E-state index in [1.165, 1.54) is 0 Å². The van der Waals surface area contributed by atoms with E-state index in [1.54, 1.807) is 13.4 Å². The van der Waals surface area contributed by atoms with Crippen molar-refractivity contribution >= 4 is 6.21 Å². The van der Waals surface area contributed by atoms with Gasteiger partial charge in [-0.25, -0.2) is 4.98 Å². The summed E-state index contributed by atoms with van der Waals surface area (Å²) in [4.78, 5) is 11.4. The number of ether oxygens (including phenoxy) is 1. The molecular weight excluding hydrogens is 214 g/mol. The largest absolute Gasteiger partial charge is 0.497 e. The van der Waals surface area contributed by atoms with Gasteiger partial charge in [-0.15, -0.1) is 0 Å². The molecular formula is C13H15N3O. The van der Waals surface area contributed by atoms with Crippen LogP contribution in [0.25, 0.3) is 0 Å². The second-order valence-corrected chi connectivity index (χ2v) is 3.64. The maximum atomic E-state index is 5.09. The summed E-state index contributed by atoms with van der Waals surface area (Å²) in [5, 5.41) is 0. The van der Waals surface area contributed by atoms with Crippen molar-refractivity contribution in [1.29, 1.82) is 0 Å². The molecule has 0 fully saturated rings. The average Bonchev–Trinajstić information content (AvgIpc) is 2.88. The van der Waals surface area contributed by atoms with Gasteiger partial charge in [0.05, 0.1) is 13.4 Å². The number of hydrogen-bond acceptors (Lipinski definition) is 3. The molecule has 0 bridgehead atoms. The smallest absolute Gasteiger partial charge is 0.118 e.